The zero-order valence-electron chi connectivity index (χ0n) is 24.9. The van der Waals surface area contributed by atoms with Crippen molar-refractivity contribution < 1.29 is 23.6 Å². The van der Waals surface area contributed by atoms with Crippen molar-refractivity contribution in [3.63, 3.8) is 0 Å². The fourth-order valence-corrected chi connectivity index (χ4v) is 4.98. The first-order valence-electron chi connectivity index (χ1n) is 14.2. The fraction of sp³-hybridized carbons (Fsp3) is 0.344. The van der Waals surface area contributed by atoms with Crippen molar-refractivity contribution in [2.24, 2.45) is 5.92 Å². The van der Waals surface area contributed by atoms with Crippen molar-refractivity contribution in [3.05, 3.63) is 76.3 Å². The molecule has 0 saturated carbocycles. The summed E-state index contributed by atoms with van der Waals surface area (Å²) in [6, 6.07) is 11.2. The lowest BCUT2D eigenvalue weighted by Gasteiger charge is -2.25. The molecule has 5 N–H and O–H groups in total. The number of carbonyl (C=O) groups is 4. The second-order valence-corrected chi connectivity index (χ2v) is 11.2. The number of rotatable bonds is 11. The van der Waals surface area contributed by atoms with Crippen LogP contribution in [0.3, 0.4) is 0 Å². The molecule has 4 rings (SSSR count). The molecule has 2 aromatic heterocycles. The molecule has 226 valence electrons. The van der Waals surface area contributed by atoms with Gasteiger partial charge >= 0.3 is 5.63 Å². The lowest BCUT2D eigenvalue weighted by molar-refractivity contribution is -0.133. The Morgan fingerprint density at radius 2 is 1.58 bits per heavy atom. The molecule has 0 spiro atoms. The van der Waals surface area contributed by atoms with Crippen LogP contribution in [-0.2, 0) is 25.6 Å². The van der Waals surface area contributed by atoms with E-state index in [1.165, 1.54) is 19.9 Å². The normalized spacial score (nSPS) is 13.3. The third-order valence-corrected chi connectivity index (χ3v) is 7.10. The molecule has 0 aliphatic carbocycles. The van der Waals surface area contributed by atoms with E-state index in [-0.39, 0.29) is 18.2 Å². The standard InChI is InChI=1S/C32H37N5O6/c1-17(2)12-26(37-32(42)27(35-20(5)38)14-21-16-33-25-9-7-6-8-24(21)25)31(41)34-19(4)30(40)36-22-10-11-23-18(3)13-29(39)43-28(23)15-22/h6-11,13,15-17,19,26-27,33H,12,14H2,1-5H3,(H,34,41)(H,35,38)(H,36,40)(H,37,42). The molecule has 11 heteroatoms. The maximum absolute atomic E-state index is 13.4. The van der Waals surface area contributed by atoms with E-state index >= 15 is 0 Å². The summed E-state index contributed by atoms with van der Waals surface area (Å²) in [4.78, 5) is 66.6. The van der Waals surface area contributed by atoms with Crippen molar-refractivity contribution in [1.29, 1.82) is 0 Å². The summed E-state index contributed by atoms with van der Waals surface area (Å²) in [7, 11) is 0. The fourth-order valence-electron chi connectivity index (χ4n) is 4.98. The van der Waals surface area contributed by atoms with Crippen LogP contribution in [0, 0.1) is 12.8 Å². The first kappa shape index (κ1) is 31.0. The van der Waals surface area contributed by atoms with Crippen molar-refractivity contribution in [2.45, 2.75) is 65.6 Å². The van der Waals surface area contributed by atoms with E-state index in [4.69, 9.17) is 4.42 Å². The predicted molar refractivity (Wildman–Crippen MR) is 164 cm³/mol. The van der Waals surface area contributed by atoms with Gasteiger partial charge in [0.25, 0.3) is 0 Å². The van der Waals surface area contributed by atoms with E-state index in [2.05, 4.69) is 26.3 Å². The number of benzene rings is 2. The maximum Gasteiger partial charge on any atom is 0.336 e. The number of aryl methyl sites for hydroxylation is 1. The van der Waals surface area contributed by atoms with Crippen LogP contribution in [0.4, 0.5) is 5.69 Å². The minimum Gasteiger partial charge on any atom is -0.423 e. The Hall–Kier alpha value is -4.93. The van der Waals surface area contributed by atoms with Crippen LogP contribution in [0.5, 0.6) is 0 Å². The van der Waals surface area contributed by atoms with E-state index < -0.39 is 41.5 Å². The van der Waals surface area contributed by atoms with Crippen LogP contribution < -0.4 is 26.9 Å². The molecule has 3 unspecified atom stereocenters. The zero-order chi connectivity index (χ0) is 31.3. The number of anilines is 1. The first-order chi connectivity index (χ1) is 20.4. The van der Waals surface area contributed by atoms with Gasteiger partial charge in [0.15, 0.2) is 0 Å². The number of amides is 4. The van der Waals surface area contributed by atoms with Gasteiger partial charge in [0, 0.05) is 53.7 Å². The topological polar surface area (TPSA) is 162 Å². The van der Waals surface area contributed by atoms with Gasteiger partial charge in [-0.05, 0) is 55.5 Å². The number of carbonyl (C=O) groups excluding carboxylic acids is 4. The summed E-state index contributed by atoms with van der Waals surface area (Å²) in [6.07, 6.45) is 2.33. The quantitative estimate of drug-likeness (QED) is 0.169. The summed E-state index contributed by atoms with van der Waals surface area (Å²) in [6.45, 7) is 8.49. The third-order valence-electron chi connectivity index (χ3n) is 7.10. The van der Waals surface area contributed by atoms with E-state index in [0.717, 1.165) is 27.4 Å². The molecule has 2 aromatic carbocycles. The molecule has 0 aliphatic heterocycles. The van der Waals surface area contributed by atoms with Gasteiger partial charge in [-0.3, -0.25) is 19.2 Å². The Bertz CT molecular complexity index is 1720. The van der Waals surface area contributed by atoms with Gasteiger partial charge in [0.05, 0.1) is 0 Å². The largest absolute Gasteiger partial charge is 0.423 e. The van der Waals surface area contributed by atoms with Crippen molar-refractivity contribution in [3.8, 4) is 0 Å². The molecular formula is C32H37N5O6. The maximum atomic E-state index is 13.4. The predicted octanol–water partition coefficient (Wildman–Crippen LogP) is 3.30. The number of hydrogen-bond donors (Lipinski definition) is 5. The minimum absolute atomic E-state index is 0.0451. The summed E-state index contributed by atoms with van der Waals surface area (Å²) >= 11 is 0. The Morgan fingerprint density at radius 3 is 2.30 bits per heavy atom. The van der Waals surface area contributed by atoms with Crippen LogP contribution in [0.25, 0.3) is 21.9 Å². The number of aromatic nitrogens is 1. The molecule has 43 heavy (non-hydrogen) atoms. The van der Waals surface area contributed by atoms with Gasteiger partial charge in [-0.2, -0.15) is 0 Å². The van der Waals surface area contributed by atoms with Gasteiger partial charge in [-0.15, -0.1) is 0 Å². The molecule has 4 amide bonds. The lowest BCUT2D eigenvalue weighted by Crippen LogP contribution is -2.56. The molecule has 0 saturated heterocycles. The molecule has 4 aromatic rings. The highest BCUT2D eigenvalue weighted by Gasteiger charge is 2.29. The number of nitrogens with one attached hydrogen (secondary N) is 5. The number of fused-ring (bicyclic) bond motifs is 2. The van der Waals surface area contributed by atoms with Gasteiger partial charge in [0.1, 0.15) is 23.7 Å². The minimum atomic E-state index is -0.948. The number of H-pyrrole nitrogens is 1. The van der Waals surface area contributed by atoms with Crippen LogP contribution in [0.2, 0.25) is 0 Å². The highest BCUT2D eigenvalue weighted by atomic mass is 16.4. The smallest absolute Gasteiger partial charge is 0.336 e. The number of para-hydroxylation sites is 1. The Labute approximate surface area is 248 Å². The average molecular weight is 588 g/mol. The average Bonchev–Trinajstić information content (AvgIpc) is 3.34. The molecule has 11 nitrogen and oxygen atoms in total. The van der Waals surface area contributed by atoms with E-state index in [1.54, 1.807) is 31.3 Å². The molecule has 2 heterocycles. The van der Waals surface area contributed by atoms with Crippen molar-refractivity contribution >= 4 is 51.2 Å². The summed E-state index contributed by atoms with van der Waals surface area (Å²) in [5, 5.41) is 12.6. The zero-order valence-corrected chi connectivity index (χ0v) is 24.9. The van der Waals surface area contributed by atoms with E-state index in [0.29, 0.717) is 17.7 Å². The number of aromatic amines is 1. The van der Waals surface area contributed by atoms with Gasteiger partial charge < -0.3 is 30.7 Å². The molecule has 0 aliphatic rings. The SMILES string of the molecule is CC(=O)NC(Cc1c[nH]c2ccccc12)C(=O)NC(CC(C)C)C(=O)NC(C)C(=O)Nc1ccc2c(C)cc(=O)oc2c1. The van der Waals surface area contributed by atoms with Crippen LogP contribution in [-0.4, -0.2) is 46.7 Å². The Morgan fingerprint density at radius 1 is 0.860 bits per heavy atom. The van der Waals surface area contributed by atoms with Crippen molar-refractivity contribution in [2.75, 3.05) is 5.32 Å². The number of hydrogen-bond acceptors (Lipinski definition) is 6. The monoisotopic (exact) mass is 587 g/mol. The molecule has 0 bridgehead atoms. The molecule has 0 fully saturated rings. The molecule has 0 radical (unpaired) electrons. The highest BCUT2D eigenvalue weighted by Crippen LogP contribution is 2.21. The summed E-state index contributed by atoms with van der Waals surface area (Å²) in [5.41, 5.74) is 2.75. The van der Waals surface area contributed by atoms with Crippen LogP contribution >= 0.6 is 0 Å². The highest BCUT2D eigenvalue weighted by molar-refractivity contribution is 5.99. The van der Waals surface area contributed by atoms with Crippen LogP contribution in [0.1, 0.15) is 45.2 Å². The second kappa shape index (κ2) is 13.4. The van der Waals surface area contributed by atoms with Gasteiger partial charge in [-0.25, -0.2) is 4.79 Å². The third kappa shape index (κ3) is 7.88. The summed E-state index contributed by atoms with van der Waals surface area (Å²) in [5.74, 6) is -1.86. The molecular weight excluding hydrogens is 550 g/mol. The van der Waals surface area contributed by atoms with E-state index in [1.807, 2.05) is 38.1 Å². The van der Waals surface area contributed by atoms with Gasteiger partial charge in [0.2, 0.25) is 23.6 Å². The van der Waals surface area contributed by atoms with Crippen molar-refractivity contribution in [1.82, 2.24) is 20.9 Å². The Kier molecular flexibility index (Phi) is 9.64. The Balaban J connectivity index is 1.44. The second-order valence-electron chi connectivity index (χ2n) is 11.2. The lowest BCUT2D eigenvalue weighted by atomic mass is 10.0. The molecule has 3 atom stereocenters. The van der Waals surface area contributed by atoms with Gasteiger partial charge in [-0.1, -0.05) is 32.0 Å². The first-order valence-corrected chi connectivity index (χ1v) is 14.2. The van der Waals surface area contributed by atoms with E-state index in [9.17, 15) is 24.0 Å². The summed E-state index contributed by atoms with van der Waals surface area (Å²) < 4.78 is 5.25. The van der Waals surface area contributed by atoms with Crippen LogP contribution in [0.15, 0.2) is 63.9 Å².